The van der Waals surface area contributed by atoms with E-state index in [2.05, 4.69) is 43.2 Å². The zero-order valence-electron chi connectivity index (χ0n) is 16.4. The number of aryl methyl sites for hydroxylation is 2. The van der Waals surface area contributed by atoms with Gasteiger partial charge < -0.3 is 15.0 Å². The molecule has 2 atom stereocenters. The smallest absolute Gasteiger partial charge is 0.154 e. The number of likely N-dealkylation sites (N-methyl/N-ethyl adjacent to an activating group) is 1. The zero-order chi connectivity index (χ0) is 19.4. The van der Waals surface area contributed by atoms with Gasteiger partial charge in [-0.2, -0.15) is 0 Å². The fraction of sp³-hybridized carbons (Fsp3) is 0.391. The first-order valence-electron chi connectivity index (χ1n) is 9.48. The number of piperidine rings is 1. The minimum atomic E-state index is -0.670. The van der Waals surface area contributed by atoms with Crippen molar-refractivity contribution in [2.24, 2.45) is 0 Å². The first-order valence-corrected chi connectivity index (χ1v) is 9.48. The lowest BCUT2D eigenvalue weighted by atomic mass is 9.67. The highest BCUT2D eigenvalue weighted by molar-refractivity contribution is 5.97. The van der Waals surface area contributed by atoms with Crippen molar-refractivity contribution in [3.63, 3.8) is 0 Å². The second-order valence-corrected chi connectivity index (χ2v) is 7.66. The van der Waals surface area contributed by atoms with Gasteiger partial charge in [-0.1, -0.05) is 48.5 Å². The average Bonchev–Trinajstić information content (AvgIpc) is 2.66. The number of benzene rings is 2. The number of ketones is 1. The standard InChI is InChI=1S/C23H28N2O2/c1-17-8-7-9-18(2)21(17)20-14-25(3)16-23(22(20)27,15-24-12-13-26)19-10-5-4-6-11-19/h4-11,13,20,24H,12,14-16H2,1-3H3. The molecule has 2 unspecified atom stereocenters. The molecule has 1 aliphatic heterocycles. The van der Waals surface area contributed by atoms with Gasteiger partial charge in [0, 0.05) is 19.6 Å². The molecule has 27 heavy (non-hydrogen) atoms. The molecule has 142 valence electrons. The summed E-state index contributed by atoms with van der Waals surface area (Å²) >= 11 is 0. The van der Waals surface area contributed by atoms with Crippen LogP contribution in [0.4, 0.5) is 0 Å². The monoisotopic (exact) mass is 364 g/mol. The molecule has 2 aromatic carbocycles. The van der Waals surface area contributed by atoms with Crippen LogP contribution in [0, 0.1) is 13.8 Å². The largest absolute Gasteiger partial charge is 0.309 e. The van der Waals surface area contributed by atoms with Gasteiger partial charge in [-0.25, -0.2) is 0 Å². The van der Waals surface area contributed by atoms with E-state index in [1.807, 2.05) is 36.4 Å². The Morgan fingerprint density at radius 3 is 2.41 bits per heavy atom. The van der Waals surface area contributed by atoms with E-state index in [1.165, 1.54) is 0 Å². The normalized spacial score (nSPS) is 23.4. The Balaban J connectivity index is 2.09. The van der Waals surface area contributed by atoms with Crippen molar-refractivity contribution in [1.29, 1.82) is 0 Å². The number of rotatable bonds is 6. The zero-order valence-corrected chi connectivity index (χ0v) is 16.4. The van der Waals surface area contributed by atoms with Crippen molar-refractivity contribution in [2.75, 3.05) is 33.2 Å². The van der Waals surface area contributed by atoms with E-state index in [9.17, 15) is 9.59 Å². The third-order valence-corrected chi connectivity index (χ3v) is 5.69. The van der Waals surface area contributed by atoms with Gasteiger partial charge in [-0.15, -0.1) is 0 Å². The summed E-state index contributed by atoms with van der Waals surface area (Å²) in [7, 11) is 2.07. The third kappa shape index (κ3) is 3.73. The van der Waals surface area contributed by atoms with E-state index >= 15 is 0 Å². The highest BCUT2D eigenvalue weighted by Crippen LogP contribution is 2.39. The maximum Gasteiger partial charge on any atom is 0.154 e. The van der Waals surface area contributed by atoms with Crippen LogP contribution in [0.2, 0.25) is 0 Å². The van der Waals surface area contributed by atoms with Crippen LogP contribution in [0.15, 0.2) is 48.5 Å². The summed E-state index contributed by atoms with van der Waals surface area (Å²) in [6.45, 7) is 6.23. The van der Waals surface area contributed by atoms with Crippen LogP contribution in [0.3, 0.4) is 0 Å². The summed E-state index contributed by atoms with van der Waals surface area (Å²) in [5, 5.41) is 3.18. The number of aldehydes is 1. The van der Waals surface area contributed by atoms with E-state index < -0.39 is 5.41 Å². The van der Waals surface area contributed by atoms with Crippen molar-refractivity contribution in [1.82, 2.24) is 10.2 Å². The van der Waals surface area contributed by atoms with Gasteiger partial charge in [-0.3, -0.25) is 4.79 Å². The number of nitrogens with zero attached hydrogens (tertiary/aromatic N) is 1. The van der Waals surface area contributed by atoms with E-state index in [1.54, 1.807) is 0 Å². The van der Waals surface area contributed by atoms with Crippen molar-refractivity contribution in [3.8, 4) is 0 Å². The topological polar surface area (TPSA) is 49.4 Å². The summed E-state index contributed by atoms with van der Waals surface area (Å²) in [6, 6.07) is 16.2. The minimum absolute atomic E-state index is 0.178. The predicted octanol–water partition coefficient (Wildman–Crippen LogP) is 2.63. The molecule has 0 saturated carbocycles. The molecule has 4 heteroatoms. The van der Waals surface area contributed by atoms with E-state index in [0.29, 0.717) is 19.6 Å². The lowest BCUT2D eigenvalue weighted by molar-refractivity contribution is -0.130. The molecule has 1 heterocycles. The summed E-state index contributed by atoms with van der Waals surface area (Å²) in [4.78, 5) is 27.0. The number of carbonyl (C=O) groups is 2. The minimum Gasteiger partial charge on any atom is -0.309 e. The number of hydrogen-bond acceptors (Lipinski definition) is 4. The van der Waals surface area contributed by atoms with Crippen LogP contribution >= 0.6 is 0 Å². The second kappa shape index (κ2) is 8.15. The molecule has 1 aliphatic rings. The number of Topliss-reactive ketones (excluding diaryl/α,β-unsaturated/α-hetero) is 1. The van der Waals surface area contributed by atoms with Crippen LogP contribution in [0.5, 0.6) is 0 Å². The van der Waals surface area contributed by atoms with Gasteiger partial charge in [0.1, 0.15) is 6.29 Å². The van der Waals surface area contributed by atoms with Crippen LogP contribution in [0.25, 0.3) is 0 Å². The molecular weight excluding hydrogens is 336 g/mol. The van der Waals surface area contributed by atoms with Crippen molar-refractivity contribution in [3.05, 3.63) is 70.8 Å². The molecule has 0 bridgehead atoms. The molecule has 0 radical (unpaired) electrons. The lowest BCUT2D eigenvalue weighted by Crippen LogP contribution is -2.59. The fourth-order valence-corrected chi connectivity index (χ4v) is 4.51. The van der Waals surface area contributed by atoms with Gasteiger partial charge in [0.2, 0.25) is 0 Å². The third-order valence-electron chi connectivity index (χ3n) is 5.69. The molecule has 3 rings (SSSR count). The van der Waals surface area contributed by atoms with Gasteiger partial charge in [0.25, 0.3) is 0 Å². The summed E-state index contributed by atoms with van der Waals surface area (Å²) in [6.07, 6.45) is 0.846. The summed E-state index contributed by atoms with van der Waals surface area (Å²) in [5.41, 5.74) is 3.80. The van der Waals surface area contributed by atoms with E-state index in [0.717, 1.165) is 28.5 Å². The first kappa shape index (κ1) is 19.5. The Hall–Kier alpha value is -2.30. The maximum atomic E-state index is 13.9. The molecule has 2 aromatic rings. The van der Waals surface area contributed by atoms with Gasteiger partial charge >= 0.3 is 0 Å². The molecule has 1 fully saturated rings. The molecule has 0 aromatic heterocycles. The van der Waals surface area contributed by atoms with Crippen molar-refractivity contribution < 1.29 is 9.59 Å². The van der Waals surface area contributed by atoms with Gasteiger partial charge in [0.15, 0.2) is 5.78 Å². The number of likely N-dealkylation sites (tertiary alicyclic amines) is 1. The number of nitrogens with one attached hydrogen (secondary N) is 1. The van der Waals surface area contributed by atoms with Crippen LogP contribution in [0.1, 0.15) is 28.2 Å². The summed E-state index contributed by atoms with van der Waals surface area (Å²) in [5.74, 6) is 0.0609. The highest BCUT2D eigenvalue weighted by atomic mass is 16.1. The van der Waals surface area contributed by atoms with Crippen LogP contribution in [-0.2, 0) is 15.0 Å². The van der Waals surface area contributed by atoms with Crippen LogP contribution < -0.4 is 5.32 Å². The Morgan fingerprint density at radius 1 is 1.11 bits per heavy atom. The molecule has 1 saturated heterocycles. The SMILES string of the molecule is Cc1cccc(C)c1C1CN(C)CC(CNCC=O)(c2ccccc2)C1=O. The highest BCUT2D eigenvalue weighted by Gasteiger charge is 2.48. The van der Waals surface area contributed by atoms with Crippen molar-refractivity contribution in [2.45, 2.75) is 25.2 Å². The molecule has 1 N–H and O–H groups in total. The molecule has 0 spiro atoms. The predicted molar refractivity (Wildman–Crippen MR) is 108 cm³/mol. The Morgan fingerprint density at radius 2 is 1.78 bits per heavy atom. The van der Waals surface area contributed by atoms with Crippen molar-refractivity contribution >= 4 is 12.1 Å². The van der Waals surface area contributed by atoms with E-state index in [-0.39, 0.29) is 18.2 Å². The van der Waals surface area contributed by atoms with Gasteiger partial charge in [0.05, 0.1) is 17.9 Å². The lowest BCUT2D eigenvalue weighted by Gasteiger charge is -2.45. The fourth-order valence-electron chi connectivity index (χ4n) is 4.51. The molecule has 0 amide bonds. The number of carbonyl (C=O) groups excluding carboxylic acids is 2. The summed E-state index contributed by atoms with van der Waals surface area (Å²) < 4.78 is 0. The van der Waals surface area contributed by atoms with E-state index in [4.69, 9.17) is 0 Å². The molecule has 4 nitrogen and oxygen atoms in total. The quantitative estimate of drug-likeness (QED) is 0.632. The Bertz CT molecular complexity index is 798. The molecule has 0 aliphatic carbocycles. The maximum absolute atomic E-state index is 13.9. The average molecular weight is 364 g/mol. The number of hydrogen-bond donors (Lipinski definition) is 1. The van der Waals surface area contributed by atoms with Crippen LogP contribution in [-0.4, -0.2) is 50.2 Å². The Kier molecular flexibility index (Phi) is 5.88. The second-order valence-electron chi connectivity index (χ2n) is 7.66. The first-order chi connectivity index (χ1) is 13.0. The van der Waals surface area contributed by atoms with Gasteiger partial charge in [-0.05, 0) is 43.1 Å². The Labute approximate surface area is 161 Å². The molecular formula is C23H28N2O2.